The first-order chi connectivity index (χ1) is 7.06. The summed E-state index contributed by atoms with van der Waals surface area (Å²) in [6.07, 6.45) is 2.52. The van der Waals surface area contributed by atoms with Crippen LogP contribution < -0.4 is 4.90 Å². The smallest absolute Gasteiger partial charge is 0.0423 e. The fourth-order valence-electron chi connectivity index (χ4n) is 2.01. The van der Waals surface area contributed by atoms with Crippen molar-refractivity contribution in [3.63, 3.8) is 0 Å². The van der Waals surface area contributed by atoms with Gasteiger partial charge in [-0.05, 0) is 66.1 Å². The summed E-state index contributed by atoms with van der Waals surface area (Å²) in [5.74, 6) is 0. The summed E-state index contributed by atoms with van der Waals surface area (Å²) in [6, 6.07) is 4.51. The molecule has 0 saturated carbocycles. The van der Waals surface area contributed by atoms with Crippen LogP contribution in [0.1, 0.15) is 30.9 Å². The summed E-state index contributed by atoms with van der Waals surface area (Å²) < 4.78 is 1.33. The molecule has 0 atom stereocenters. The fourth-order valence-corrected chi connectivity index (χ4v) is 2.95. The summed E-state index contributed by atoms with van der Waals surface area (Å²) in [5, 5.41) is 0. The van der Waals surface area contributed by atoms with Crippen LogP contribution in [0, 0.1) is 17.4 Å². The van der Waals surface area contributed by atoms with Crippen LogP contribution >= 0.6 is 22.6 Å². The molecule has 0 heterocycles. The van der Waals surface area contributed by atoms with Crippen LogP contribution in [0.15, 0.2) is 12.1 Å². The van der Waals surface area contributed by atoms with Crippen LogP contribution in [-0.4, -0.2) is 13.6 Å². The zero-order valence-corrected chi connectivity index (χ0v) is 12.3. The monoisotopic (exact) mass is 317 g/mol. The van der Waals surface area contributed by atoms with E-state index in [4.69, 9.17) is 0 Å². The number of benzene rings is 1. The van der Waals surface area contributed by atoms with Crippen LogP contribution in [0.3, 0.4) is 0 Å². The van der Waals surface area contributed by atoms with Crippen molar-refractivity contribution in [2.45, 2.75) is 33.6 Å². The lowest BCUT2D eigenvalue weighted by molar-refractivity contribution is 0.763. The minimum Gasteiger partial charge on any atom is -0.374 e. The highest BCUT2D eigenvalue weighted by atomic mass is 127. The van der Waals surface area contributed by atoms with Gasteiger partial charge in [0.05, 0.1) is 0 Å². The van der Waals surface area contributed by atoms with Crippen LogP contribution in [-0.2, 0) is 0 Å². The number of hydrogen-bond acceptors (Lipinski definition) is 1. The van der Waals surface area contributed by atoms with E-state index >= 15 is 0 Å². The lowest BCUT2D eigenvalue weighted by atomic mass is 10.1. The van der Waals surface area contributed by atoms with E-state index in [1.807, 2.05) is 0 Å². The minimum atomic E-state index is 1.15. The Bertz CT molecular complexity index is 310. The summed E-state index contributed by atoms with van der Waals surface area (Å²) >= 11 is 2.38. The van der Waals surface area contributed by atoms with E-state index in [0.29, 0.717) is 0 Å². The van der Waals surface area contributed by atoms with Gasteiger partial charge in [0.2, 0.25) is 0 Å². The van der Waals surface area contributed by atoms with Crippen LogP contribution in [0.25, 0.3) is 0 Å². The Kier molecular flexibility index (Phi) is 4.90. The average molecular weight is 317 g/mol. The van der Waals surface area contributed by atoms with Gasteiger partial charge in [-0.25, -0.2) is 0 Å². The molecule has 0 aliphatic heterocycles. The molecule has 0 bridgehead atoms. The molecule has 1 rings (SSSR count). The average Bonchev–Trinajstić information content (AvgIpc) is 2.12. The molecule has 0 spiro atoms. The lowest BCUT2D eigenvalue weighted by Gasteiger charge is -2.23. The third kappa shape index (κ3) is 3.37. The van der Waals surface area contributed by atoms with Gasteiger partial charge in [0, 0.05) is 22.8 Å². The van der Waals surface area contributed by atoms with Gasteiger partial charge in [-0.1, -0.05) is 13.3 Å². The third-order valence-corrected chi connectivity index (χ3v) is 3.31. The van der Waals surface area contributed by atoms with Gasteiger partial charge in [-0.3, -0.25) is 0 Å². The number of halogens is 1. The molecule has 2 heteroatoms. The predicted octanol–water partition coefficient (Wildman–Crippen LogP) is 4.14. The minimum absolute atomic E-state index is 1.15. The van der Waals surface area contributed by atoms with Crippen molar-refractivity contribution in [3.05, 3.63) is 26.8 Å². The van der Waals surface area contributed by atoms with Crippen molar-refractivity contribution < 1.29 is 0 Å². The third-order valence-electron chi connectivity index (χ3n) is 2.68. The standard InChI is InChI=1S/C13H20IN/c1-5-6-7-15(4)13-10(2)8-12(14)9-11(13)3/h8-9H,5-7H2,1-4H3. The maximum Gasteiger partial charge on any atom is 0.0423 e. The zero-order valence-electron chi connectivity index (χ0n) is 10.1. The second-order valence-corrected chi connectivity index (χ2v) is 5.41. The lowest BCUT2D eigenvalue weighted by Crippen LogP contribution is -2.20. The number of aryl methyl sites for hydroxylation is 2. The molecule has 0 unspecified atom stereocenters. The Morgan fingerprint density at radius 1 is 1.20 bits per heavy atom. The number of nitrogens with zero attached hydrogens (tertiary/aromatic N) is 1. The molecule has 0 aromatic heterocycles. The van der Waals surface area contributed by atoms with E-state index in [9.17, 15) is 0 Å². The summed E-state index contributed by atoms with van der Waals surface area (Å²) in [5.41, 5.74) is 4.18. The Balaban J connectivity index is 2.92. The van der Waals surface area contributed by atoms with Crippen LogP contribution in [0.2, 0.25) is 0 Å². The molecule has 84 valence electrons. The molecule has 15 heavy (non-hydrogen) atoms. The Labute approximate surface area is 107 Å². The highest BCUT2D eigenvalue weighted by molar-refractivity contribution is 14.1. The SMILES string of the molecule is CCCCN(C)c1c(C)cc(I)cc1C. The molecule has 0 aliphatic carbocycles. The quantitative estimate of drug-likeness (QED) is 0.754. The first-order valence-corrected chi connectivity index (χ1v) is 6.62. The second-order valence-electron chi connectivity index (χ2n) is 4.16. The molecular formula is C13H20IN. The van der Waals surface area contributed by atoms with E-state index < -0.39 is 0 Å². The van der Waals surface area contributed by atoms with Crippen molar-refractivity contribution in [3.8, 4) is 0 Å². The molecule has 0 fully saturated rings. The molecule has 0 amide bonds. The predicted molar refractivity (Wildman–Crippen MR) is 76.8 cm³/mol. The topological polar surface area (TPSA) is 3.24 Å². The van der Waals surface area contributed by atoms with Gasteiger partial charge < -0.3 is 4.90 Å². The van der Waals surface area contributed by atoms with Crippen molar-refractivity contribution >= 4 is 28.3 Å². The van der Waals surface area contributed by atoms with Gasteiger partial charge in [-0.15, -0.1) is 0 Å². The van der Waals surface area contributed by atoms with Gasteiger partial charge in [0.15, 0.2) is 0 Å². The summed E-state index contributed by atoms with van der Waals surface area (Å²) in [4.78, 5) is 2.38. The molecule has 1 aromatic rings. The highest BCUT2D eigenvalue weighted by Crippen LogP contribution is 2.26. The maximum absolute atomic E-state index is 2.38. The van der Waals surface area contributed by atoms with Gasteiger partial charge in [0.1, 0.15) is 0 Å². The Hall–Kier alpha value is -0.250. The largest absolute Gasteiger partial charge is 0.374 e. The number of rotatable bonds is 4. The normalized spacial score (nSPS) is 10.5. The second kappa shape index (κ2) is 5.73. The van der Waals surface area contributed by atoms with E-state index in [1.165, 1.54) is 33.2 Å². The van der Waals surface area contributed by atoms with E-state index in [1.54, 1.807) is 0 Å². The fraction of sp³-hybridized carbons (Fsp3) is 0.538. The van der Waals surface area contributed by atoms with Crippen LogP contribution in [0.4, 0.5) is 5.69 Å². The molecular weight excluding hydrogens is 297 g/mol. The molecule has 0 N–H and O–H groups in total. The van der Waals surface area contributed by atoms with Crippen molar-refractivity contribution in [2.75, 3.05) is 18.5 Å². The molecule has 0 aliphatic rings. The molecule has 0 radical (unpaired) electrons. The maximum atomic E-state index is 2.38. The first kappa shape index (κ1) is 12.8. The van der Waals surface area contributed by atoms with Gasteiger partial charge >= 0.3 is 0 Å². The van der Waals surface area contributed by atoms with Gasteiger partial charge in [-0.2, -0.15) is 0 Å². The number of anilines is 1. The van der Waals surface area contributed by atoms with Crippen molar-refractivity contribution in [1.82, 2.24) is 0 Å². The van der Waals surface area contributed by atoms with E-state index in [0.717, 1.165) is 6.54 Å². The Morgan fingerprint density at radius 3 is 2.20 bits per heavy atom. The zero-order chi connectivity index (χ0) is 11.4. The number of unbranched alkanes of at least 4 members (excludes halogenated alkanes) is 1. The molecule has 1 aromatic carbocycles. The first-order valence-electron chi connectivity index (χ1n) is 5.54. The van der Waals surface area contributed by atoms with Gasteiger partial charge in [0.25, 0.3) is 0 Å². The van der Waals surface area contributed by atoms with E-state index in [2.05, 4.69) is 67.4 Å². The molecule has 0 saturated heterocycles. The Morgan fingerprint density at radius 2 is 1.73 bits per heavy atom. The van der Waals surface area contributed by atoms with Crippen LogP contribution in [0.5, 0.6) is 0 Å². The summed E-state index contributed by atoms with van der Waals surface area (Å²) in [6.45, 7) is 7.79. The summed E-state index contributed by atoms with van der Waals surface area (Å²) in [7, 11) is 2.19. The number of hydrogen-bond donors (Lipinski definition) is 0. The van der Waals surface area contributed by atoms with Crippen molar-refractivity contribution in [1.29, 1.82) is 0 Å². The molecule has 1 nitrogen and oxygen atoms in total. The highest BCUT2D eigenvalue weighted by Gasteiger charge is 2.08. The van der Waals surface area contributed by atoms with E-state index in [-0.39, 0.29) is 0 Å². The van der Waals surface area contributed by atoms with Crippen molar-refractivity contribution in [2.24, 2.45) is 0 Å².